The van der Waals surface area contributed by atoms with Crippen molar-refractivity contribution < 1.29 is 23.9 Å². The number of aryl methyl sites for hydroxylation is 1. The summed E-state index contributed by atoms with van der Waals surface area (Å²) in [5.41, 5.74) is 4.95. The molecule has 2 amide bonds. The van der Waals surface area contributed by atoms with E-state index in [0.717, 1.165) is 33.2 Å². The molecule has 3 N–H and O–H groups in total. The first-order chi connectivity index (χ1) is 19.6. The zero-order valence-corrected chi connectivity index (χ0v) is 24.0. The summed E-state index contributed by atoms with van der Waals surface area (Å²) in [7, 11) is 0. The van der Waals surface area contributed by atoms with Crippen LogP contribution < -0.4 is 10.6 Å². The topological polar surface area (TPSA) is 110 Å². The van der Waals surface area contributed by atoms with Gasteiger partial charge in [0.05, 0.1) is 6.42 Å². The number of carbonyl (C=O) groups is 3. The van der Waals surface area contributed by atoms with Gasteiger partial charge in [-0.1, -0.05) is 72.3 Å². The number of esters is 1. The van der Waals surface area contributed by atoms with Crippen LogP contribution in [-0.4, -0.2) is 34.6 Å². The first-order valence-electron chi connectivity index (χ1n) is 13.7. The van der Waals surface area contributed by atoms with Crippen LogP contribution in [0.4, 0.5) is 4.79 Å². The molecule has 0 radical (unpaired) electrons. The van der Waals surface area contributed by atoms with E-state index >= 15 is 0 Å². The molecule has 4 aromatic rings. The molecular weight excluding hydrogens is 518 g/mol. The molecule has 41 heavy (non-hydrogen) atoms. The molecule has 8 nitrogen and oxygen atoms in total. The first kappa shape index (κ1) is 29.4. The minimum atomic E-state index is -0.944. The zero-order valence-electron chi connectivity index (χ0n) is 24.0. The van der Waals surface area contributed by atoms with E-state index in [1.807, 2.05) is 85.9 Å². The summed E-state index contributed by atoms with van der Waals surface area (Å²) >= 11 is 0. The highest BCUT2D eigenvalue weighted by atomic mass is 16.6. The van der Waals surface area contributed by atoms with E-state index < -0.39 is 23.7 Å². The van der Waals surface area contributed by atoms with Crippen LogP contribution in [0, 0.1) is 6.92 Å². The lowest BCUT2D eigenvalue weighted by atomic mass is 10.0. The first-order valence-corrected chi connectivity index (χ1v) is 13.7. The van der Waals surface area contributed by atoms with E-state index in [2.05, 4.69) is 15.6 Å². The van der Waals surface area contributed by atoms with Crippen molar-refractivity contribution in [3.05, 3.63) is 107 Å². The van der Waals surface area contributed by atoms with Gasteiger partial charge < -0.3 is 25.1 Å². The van der Waals surface area contributed by atoms with Gasteiger partial charge in [0.1, 0.15) is 18.2 Å². The minimum Gasteiger partial charge on any atom is -0.459 e. The van der Waals surface area contributed by atoms with Crippen LogP contribution >= 0.6 is 0 Å². The Kier molecular flexibility index (Phi) is 9.45. The Bertz CT molecular complexity index is 1480. The van der Waals surface area contributed by atoms with Crippen molar-refractivity contribution in [1.82, 2.24) is 15.6 Å². The van der Waals surface area contributed by atoms with Gasteiger partial charge in [-0.3, -0.25) is 4.79 Å². The van der Waals surface area contributed by atoms with E-state index in [1.54, 1.807) is 20.8 Å². The fourth-order valence-electron chi connectivity index (χ4n) is 4.33. The Morgan fingerprint density at radius 3 is 2.24 bits per heavy atom. The minimum absolute atomic E-state index is 0.0269. The summed E-state index contributed by atoms with van der Waals surface area (Å²) in [5, 5.41) is 6.58. The second-order valence-corrected chi connectivity index (χ2v) is 11.1. The number of benzene rings is 3. The number of para-hydroxylation sites is 1. The van der Waals surface area contributed by atoms with Crippen LogP contribution in [-0.2, 0) is 45.1 Å². The summed E-state index contributed by atoms with van der Waals surface area (Å²) in [6.45, 7) is 7.81. The number of amides is 2. The van der Waals surface area contributed by atoms with Gasteiger partial charge in [-0.25, -0.2) is 9.59 Å². The Morgan fingerprint density at radius 2 is 1.54 bits per heavy atom. The molecule has 0 aliphatic heterocycles. The van der Waals surface area contributed by atoms with E-state index in [9.17, 15) is 14.4 Å². The van der Waals surface area contributed by atoms with Gasteiger partial charge in [0.2, 0.25) is 5.91 Å². The van der Waals surface area contributed by atoms with E-state index in [0.29, 0.717) is 6.54 Å². The highest BCUT2D eigenvalue weighted by Gasteiger charge is 2.27. The number of nitrogens with one attached hydrogen (secondary N) is 3. The normalized spacial score (nSPS) is 12.0. The van der Waals surface area contributed by atoms with Crippen molar-refractivity contribution in [2.24, 2.45) is 0 Å². The number of hydrogen-bond acceptors (Lipinski definition) is 5. The molecule has 0 saturated carbocycles. The molecule has 0 fully saturated rings. The summed E-state index contributed by atoms with van der Waals surface area (Å²) in [5.74, 6) is -0.640. The number of fused-ring (bicyclic) bond motifs is 1. The maximum absolute atomic E-state index is 13.1. The average Bonchev–Trinajstić information content (AvgIpc) is 3.33. The molecule has 8 heteroatoms. The molecule has 214 valence electrons. The Hall–Kier alpha value is -4.59. The third-order valence-electron chi connectivity index (χ3n) is 6.45. The predicted octanol–water partition coefficient (Wildman–Crippen LogP) is 5.51. The number of alkyl carbamates (subject to hydrolysis) is 1. The molecule has 0 spiro atoms. The van der Waals surface area contributed by atoms with E-state index in [1.165, 1.54) is 5.56 Å². The Labute approximate surface area is 240 Å². The number of carbonyl (C=O) groups excluding carboxylic acids is 3. The molecule has 1 aromatic heterocycles. The van der Waals surface area contributed by atoms with Gasteiger partial charge in [0.25, 0.3) is 0 Å². The van der Waals surface area contributed by atoms with Crippen molar-refractivity contribution in [3.63, 3.8) is 0 Å². The second-order valence-electron chi connectivity index (χ2n) is 11.1. The monoisotopic (exact) mass is 555 g/mol. The van der Waals surface area contributed by atoms with E-state index in [-0.39, 0.29) is 25.4 Å². The highest BCUT2D eigenvalue weighted by molar-refractivity contribution is 5.86. The van der Waals surface area contributed by atoms with Crippen LogP contribution in [0.5, 0.6) is 0 Å². The number of hydrogen-bond donors (Lipinski definition) is 3. The Morgan fingerprint density at radius 1 is 0.878 bits per heavy atom. The zero-order chi connectivity index (χ0) is 29.4. The lowest BCUT2D eigenvalue weighted by Gasteiger charge is -2.23. The van der Waals surface area contributed by atoms with E-state index in [4.69, 9.17) is 9.47 Å². The molecule has 0 bridgehead atoms. The van der Waals surface area contributed by atoms with Gasteiger partial charge in [-0.2, -0.15) is 0 Å². The maximum Gasteiger partial charge on any atom is 0.408 e. The smallest absolute Gasteiger partial charge is 0.408 e. The molecule has 1 heterocycles. The number of H-pyrrole nitrogens is 1. The fourth-order valence-corrected chi connectivity index (χ4v) is 4.33. The molecule has 1 atom stereocenters. The van der Waals surface area contributed by atoms with Gasteiger partial charge in [-0.15, -0.1) is 0 Å². The SMILES string of the molecule is Cc1ccc(CNC(=O)Cc2ccc(COC(=O)[C@@H](Cc3c[nH]c4ccccc34)NC(=O)OC(C)(C)C)cc2)cc1. The molecule has 0 saturated heterocycles. The van der Waals surface area contributed by atoms with Crippen LogP contribution in [0.15, 0.2) is 79.0 Å². The fraction of sp³-hybridized carbons (Fsp3) is 0.303. The summed E-state index contributed by atoms with van der Waals surface area (Å²) in [6.07, 6.45) is 1.62. The summed E-state index contributed by atoms with van der Waals surface area (Å²) in [6, 6.07) is 22.2. The Balaban J connectivity index is 1.33. The van der Waals surface area contributed by atoms with Gasteiger partial charge in [0.15, 0.2) is 0 Å². The second kappa shape index (κ2) is 13.2. The van der Waals surface area contributed by atoms with Crippen LogP contribution in [0.3, 0.4) is 0 Å². The van der Waals surface area contributed by atoms with Crippen molar-refractivity contribution in [2.45, 2.75) is 65.3 Å². The third-order valence-corrected chi connectivity index (χ3v) is 6.45. The van der Waals surface area contributed by atoms with Crippen LogP contribution in [0.2, 0.25) is 0 Å². The standard InChI is InChI=1S/C33H37N3O5/c1-22-9-11-24(12-10-22)19-35-30(37)17-23-13-15-25(16-14-23)21-40-31(38)29(36-32(39)41-33(2,3)4)18-26-20-34-28-8-6-5-7-27(26)28/h5-16,20,29,34H,17-19,21H2,1-4H3,(H,35,37)(H,36,39)/t29-/m1/s1. The summed E-state index contributed by atoms with van der Waals surface area (Å²) < 4.78 is 11.0. The third kappa shape index (κ3) is 8.96. The quantitative estimate of drug-likeness (QED) is 0.224. The molecule has 0 unspecified atom stereocenters. The van der Waals surface area contributed by atoms with Gasteiger partial charge in [-0.05, 0) is 56.0 Å². The highest BCUT2D eigenvalue weighted by Crippen LogP contribution is 2.20. The molecule has 0 aliphatic carbocycles. The number of aromatic nitrogens is 1. The van der Waals surface area contributed by atoms with Gasteiger partial charge in [0, 0.05) is 30.1 Å². The number of ether oxygens (including phenoxy) is 2. The summed E-state index contributed by atoms with van der Waals surface area (Å²) in [4.78, 5) is 41.3. The molecule has 3 aromatic carbocycles. The molecule has 0 aliphatic rings. The van der Waals surface area contributed by atoms with Crippen molar-refractivity contribution in [3.8, 4) is 0 Å². The molecule has 4 rings (SSSR count). The van der Waals surface area contributed by atoms with Gasteiger partial charge >= 0.3 is 12.1 Å². The lowest BCUT2D eigenvalue weighted by Crippen LogP contribution is -2.45. The van der Waals surface area contributed by atoms with Crippen molar-refractivity contribution >= 4 is 28.9 Å². The van der Waals surface area contributed by atoms with Crippen molar-refractivity contribution in [1.29, 1.82) is 0 Å². The molecular formula is C33H37N3O5. The van der Waals surface area contributed by atoms with Crippen LogP contribution in [0.25, 0.3) is 10.9 Å². The number of rotatable bonds is 10. The van der Waals surface area contributed by atoms with Crippen molar-refractivity contribution in [2.75, 3.05) is 0 Å². The maximum atomic E-state index is 13.1. The average molecular weight is 556 g/mol. The number of aromatic amines is 1. The largest absolute Gasteiger partial charge is 0.459 e. The van der Waals surface area contributed by atoms with Crippen LogP contribution in [0.1, 0.15) is 48.6 Å². The lowest BCUT2D eigenvalue weighted by molar-refractivity contribution is -0.147. The predicted molar refractivity (Wildman–Crippen MR) is 158 cm³/mol.